The third-order valence-electron chi connectivity index (χ3n) is 5.89. The maximum atomic E-state index is 13.2. The van der Waals surface area contributed by atoms with Crippen molar-refractivity contribution in [1.82, 2.24) is 14.9 Å². The molecule has 1 fully saturated rings. The predicted molar refractivity (Wildman–Crippen MR) is 125 cm³/mol. The summed E-state index contributed by atoms with van der Waals surface area (Å²) in [6.45, 7) is 4.45. The van der Waals surface area contributed by atoms with Crippen LogP contribution in [-0.4, -0.2) is 38.3 Å². The van der Waals surface area contributed by atoms with Crippen LogP contribution in [0.25, 0.3) is 10.2 Å². The van der Waals surface area contributed by atoms with Crippen LogP contribution in [0.3, 0.4) is 0 Å². The van der Waals surface area contributed by atoms with Crippen molar-refractivity contribution in [2.24, 2.45) is 5.92 Å². The maximum absolute atomic E-state index is 13.2. The number of fused-ring (bicyclic) bond motifs is 1. The first kappa shape index (κ1) is 22.2. The molecule has 0 saturated carbocycles. The van der Waals surface area contributed by atoms with Gasteiger partial charge in [-0.2, -0.15) is 0 Å². The van der Waals surface area contributed by atoms with E-state index in [2.05, 4.69) is 22.2 Å². The zero-order valence-corrected chi connectivity index (χ0v) is 19.0. The van der Waals surface area contributed by atoms with Gasteiger partial charge >= 0.3 is 11.8 Å². The SMILES string of the molecule is CCc1cc(NC(=O)C(=O)N2C[C@@H](C)CC[C@@H]2c2ccc3sc(CO)nc3c2)cnc1N. The number of benzene rings is 1. The first-order valence-electron chi connectivity index (χ1n) is 10.8. The standard InChI is InChI=1S/C23H27N5O3S/c1-3-14-8-16(10-25-21(14)24)26-22(30)23(31)28-11-13(2)4-6-18(28)15-5-7-19-17(9-15)27-20(12-29)32-19/h5,7-10,13,18,29H,3-4,6,11-12H2,1-2H3,(H2,24,25)(H,26,30)/t13-,18+/m0/s1. The number of nitrogens with two attached hydrogens (primary N) is 1. The average molecular weight is 454 g/mol. The first-order chi connectivity index (χ1) is 15.4. The minimum absolute atomic E-state index is 0.0971. The highest BCUT2D eigenvalue weighted by Gasteiger charge is 2.34. The number of aliphatic hydroxyl groups excluding tert-OH is 1. The lowest BCUT2D eigenvalue weighted by Crippen LogP contribution is -2.46. The molecule has 9 heteroatoms. The van der Waals surface area contributed by atoms with Crippen LogP contribution in [0.1, 0.15) is 48.9 Å². The number of nitrogens with zero attached hydrogens (tertiary/aromatic N) is 3. The molecular formula is C23H27N5O3S. The second kappa shape index (κ2) is 9.22. The summed E-state index contributed by atoms with van der Waals surface area (Å²) in [6.07, 6.45) is 3.88. The van der Waals surface area contributed by atoms with Crippen molar-refractivity contribution >= 4 is 44.9 Å². The summed E-state index contributed by atoms with van der Waals surface area (Å²) >= 11 is 1.45. The van der Waals surface area contributed by atoms with E-state index in [0.717, 1.165) is 34.2 Å². The number of likely N-dealkylation sites (tertiary alicyclic amines) is 1. The van der Waals surface area contributed by atoms with Gasteiger partial charge in [-0.25, -0.2) is 9.97 Å². The topological polar surface area (TPSA) is 121 Å². The van der Waals surface area contributed by atoms with Gasteiger partial charge in [-0.1, -0.05) is 19.9 Å². The molecule has 0 aliphatic carbocycles. The van der Waals surface area contributed by atoms with E-state index in [0.29, 0.717) is 35.4 Å². The highest BCUT2D eigenvalue weighted by Crippen LogP contribution is 2.35. The molecule has 1 aliphatic heterocycles. The van der Waals surface area contributed by atoms with Gasteiger partial charge in [0.15, 0.2) is 0 Å². The summed E-state index contributed by atoms with van der Waals surface area (Å²) in [5, 5.41) is 12.7. The second-order valence-corrected chi connectivity index (χ2v) is 9.34. The number of anilines is 2. The molecule has 0 spiro atoms. The molecule has 0 unspecified atom stereocenters. The van der Waals surface area contributed by atoms with Crippen molar-refractivity contribution in [3.05, 3.63) is 46.6 Å². The zero-order valence-electron chi connectivity index (χ0n) is 18.2. The Bertz CT molecular complexity index is 1160. The predicted octanol–water partition coefficient (Wildman–Crippen LogP) is 3.27. The second-order valence-electron chi connectivity index (χ2n) is 8.22. The summed E-state index contributed by atoms with van der Waals surface area (Å²) in [4.78, 5) is 36.2. The molecule has 32 heavy (non-hydrogen) atoms. The number of hydrogen-bond donors (Lipinski definition) is 3. The van der Waals surface area contributed by atoms with Gasteiger partial charge < -0.3 is 21.1 Å². The van der Waals surface area contributed by atoms with Crippen molar-refractivity contribution in [3.8, 4) is 0 Å². The lowest BCUT2D eigenvalue weighted by Gasteiger charge is -2.38. The van der Waals surface area contributed by atoms with Gasteiger partial charge in [-0.05, 0) is 54.5 Å². The highest BCUT2D eigenvalue weighted by atomic mass is 32.1. The van der Waals surface area contributed by atoms with Crippen LogP contribution in [0.5, 0.6) is 0 Å². The summed E-state index contributed by atoms with van der Waals surface area (Å²) in [7, 11) is 0. The summed E-state index contributed by atoms with van der Waals surface area (Å²) in [5.74, 6) is -0.527. The maximum Gasteiger partial charge on any atom is 0.313 e. The lowest BCUT2D eigenvalue weighted by atomic mass is 9.89. The molecule has 3 aromatic rings. The highest BCUT2D eigenvalue weighted by molar-refractivity contribution is 7.18. The van der Waals surface area contributed by atoms with Crippen LogP contribution in [0.15, 0.2) is 30.5 Å². The molecule has 2 amide bonds. The number of aryl methyl sites for hydroxylation is 1. The van der Waals surface area contributed by atoms with E-state index in [4.69, 9.17) is 5.73 Å². The van der Waals surface area contributed by atoms with Gasteiger partial charge in [0.05, 0.1) is 34.7 Å². The number of carbonyl (C=O) groups is 2. The van der Waals surface area contributed by atoms with Gasteiger partial charge in [0.2, 0.25) is 0 Å². The van der Waals surface area contributed by atoms with Crippen LogP contribution in [0.4, 0.5) is 11.5 Å². The molecule has 1 aliphatic rings. The Labute approximate surface area is 190 Å². The first-order valence-corrected chi connectivity index (χ1v) is 11.6. The number of carbonyl (C=O) groups excluding carboxylic acids is 2. The third-order valence-corrected chi connectivity index (χ3v) is 6.91. The van der Waals surface area contributed by atoms with Crippen molar-refractivity contribution in [2.75, 3.05) is 17.6 Å². The molecular weight excluding hydrogens is 426 g/mol. The normalized spacial score (nSPS) is 18.7. The fourth-order valence-electron chi connectivity index (χ4n) is 4.18. The summed E-state index contributed by atoms with van der Waals surface area (Å²) in [6, 6.07) is 7.45. The largest absolute Gasteiger partial charge is 0.389 e. The van der Waals surface area contributed by atoms with Gasteiger partial charge in [0.1, 0.15) is 10.8 Å². The molecule has 3 heterocycles. The smallest absolute Gasteiger partial charge is 0.313 e. The quantitative estimate of drug-likeness (QED) is 0.521. The van der Waals surface area contributed by atoms with Crippen molar-refractivity contribution < 1.29 is 14.7 Å². The van der Waals surface area contributed by atoms with Crippen LogP contribution in [0.2, 0.25) is 0 Å². The number of thiazole rings is 1. The monoisotopic (exact) mass is 453 g/mol. The van der Waals surface area contributed by atoms with E-state index in [1.54, 1.807) is 11.0 Å². The fraction of sp³-hybridized carbons (Fsp3) is 0.391. The van der Waals surface area contributed by atoms with Gasteiger partial charge in [-0.15, -0.1) is 11.3 Å². The van der Waals surface area contributed by atoms with Crippen LogP contribution >= 0.6 is 11.3 Å². The lowest BCUT2D eigenvalue weighted by molar-refractivity contribution is -0.146. The van der Waals surface area contributed by atoms with E-state index < -0.39 is 11.8 Å². The van der Waals surface area contributed by atoms with Gasteiger partial charge in [-0.3, -0.25) is 9.59 Å². The molecule has 2 aromatic heterocycles. The number of nitrogen functional groups attached to an aromatic ring is 1. The van der Waals surface area contributed by atoms with E-state index >= 15 is 0 Å². The number of hydrogen-bond acceptors (Lipinski definition) is 7. The zero-order chi connectivity index (χ0) is 22.8. The Morgan fingerprint density at radius 3 is 2.88 bits per heavy atom. The third kappa shape index (κ3) is 4.44. The molecule has 8 nitrogen and oxygen atoms in total. The Balaban J connectivity index is 1.57. The van der Waals surface area contributed by atoms with Crippen molar-refractivity contribution in [3.63, 3.8) is 0 Å². The molecule has 4 rings (SSSR count). The van der Waals surface area contributed by atoms with Crippen LogP contribution < -0.4 is 11.1 Å². The average Bonchev–Trinajstić information content (AvgIpc) is 3.22. The molecule has 2 atom stereocenters. The molecule has 0 bridgehead atoms. The summed E-state index contributed by atoms with van der Waals surface area (Å²) < 4.78 is 0.986. The van der Waals surface area contributed by atoms with Gasteiger partial charge in [0, 0.05) is 6.54 Å². The number of rotatable bonds is 4. The van der Waals surface area contributed by atoms with Crippen molar-refractivity contribution in [2.45, 2.75) is 45.8 Å². The van der Waals surface area contributed by atoms with Crippen LogP contribution in [0, 0.1) is 5.92 Å². The Morgan fingerprint density at radius 2 is 2.12 bits per heavy atom. The Morgan fingerprint density at radius 1 is 1.31 bits per heavy atom. The van der Waals surface area contributed by atoms with E-state index in [1.165, 1.54) is 17.5 Å². The molecule has 1 aromatic carbocycles. The number of piperidine rings is 1. The number of aliphatic hydroxyl groups is 1. The molecule has 168 valence electrons. The molecule has 4 N–H and O–H groups in total. The minimum atomic E-state index is -0.685. The van der Waals surface area contributed by atoms with E-state index in [-0.39, 0.29) is 12.6 Å². The van der Waals surface area contributed by atoms with Crippen LogP contribution in [-0.2, 0) is 22.6 Å². The van der Waals surface area contributed by atoms with E-state index in [1.807, 2.05) is 25.1 Å². The number of nitrogens with one attached hydrogen (secondary N) is 1. The fourth-order valence-corrected chi connectivity index (χ4v) is 4.99. The summed E-state index contributed by atoms with van der Waals surface area (Å²) in [5.41, 5.74) is 8.86. The number of amides is 2. The number of pyridine rings is 1. The molecule has 1 saturated heterocycles. The van der Waals surface area contributed by atoms with Gasteiger partial charge in [0.25, 0.3) is 0 Å². The molecule has 0 radical (unpaired) electrons. The Hall–Kier alpha value is -3.04. The number of aromatic nitrogens is 2. The minimum Gasteiger partial charge on any atom is -0.389 e. The Kier molecular flexibility index (Phi) is 6.38. The van der Waals surface area contributed by atoms with E-state index in [9.17, 15) is 14.7 Å². The van der Waals surface area contributed by atoms with Crippen molar-refractivity contribution in [1.29, 1.82) is 0 Å².